The molecule has 1 aromatic carbocycles. The van der Waals surface area contributed by atoms with Crippen molar-refractivity contribution in [1.29, 1.82) is 0 Å². The van der Waals surface area contributed by atoms with Crippen LogP contribution in [0.15, 0.2) is 22.7 Å². The molecule has 16 heavy (non-hydrogen) atoms. The standard InChI is InChI=1S/C13H18BrNO/c1-2-11-4-3-7-15(11)9-10-8-12(16)5-6-13(10)14/h5-6,8,11,16H,2-4,7,9H2,1H3. The fourth-order valence-corrected chi connectivity index (χ4v) is 2.84. The zero-order chi connectivity index (χ0) is 11.5. The fourth-order valence-electron chi connectivity index (χ4n) is 2.47. The van der Waals surface area contributed by atoms with Crippen LogP contribution in [0.4, 0.5) is 0 Å². The first kappa shape index (κ1) is 11.9. The highest BCUT2D eigenvalue weighted by molar-refractivity contribution is 9.10. The Kier molecular flexibility index (Phi) is 3.87. The first-order valence-corrected chi connectivity index (χ1v) is 6.71. The summed E-state index contributed by atoms with van der Waals surface area (Å²) in [5.74, 6) is 0.352. The average Bonchev–Trinajstić information content (AvgIpc) is 2.71. The minimum absolute atomic E-state index is 0.352. The van der Waals surface area contributed by atoms with Crippen LogP contribution in [0.2, 0.25) is 0 Å². The van der Waals surface area contributed by atoms with Crippen LogP contribution < -0.4 is 0 Å². The zero-order valence-corrected chi connectivity index (χ0v) is 11.2. The summed E-state index contributed by atoms with van der Waals surface area (Å²) in [5.41, 5.74) is 1.18. The smallest absolute Gasteiger partial charge is 0.115 e. The van der Waals surface area contributed by atoms with Gasteiger partial charge in [-0.3, -0.25) is 4.90 Å². The summed E-state index contributed by atoms with van der Waals surface area (Å²) in [6, 6.07) is 6.21. The maximum absolute atomic E-state index is 9.50. The van der Waals surface area contributed by atoms with Gasteiger partial charge < -0.3 is 5.11 Å². The summed E-state index contributed by atoms with van der Waals surface area (Å²) < 4.78 is 1.09. The van der Waals surface area contributed by atoms with Gasteiger partial charge >= 0.3 is 0 Å². The van der Waals surface area contributed by atoms with Gasteiger partial charge in [-0.05, 0) is 49.6 Å². The minimum atomic E-state index is 0.352. The lowest BCUT2D eigenvalue weighted by molar-refractivity contribution is 0.239. The van der Waals surface area contributed by atoms with Gasteiger partial charge in [-0.15, -0.1) is 0 Å². The van der Waals surface area contributed by atoms with Gasteiger partial charge in [0.15, 0.2) is 0 Å². The van der Waals surface area contributed by atoms with Gasteiger partial charge in [0.25, 0.3) is 0 Å². The van der Waals surface area contributed by atoms with E-state index in [-0.39, 0.29) is 0 Å². The van der Waals surface area contributed by atoms with Gasteiger partial charge in [0, 0.05) is 17.1 Å². The van der Waals surface area contributed by atoms with Gasteiger partial charge in [0.2, 0.25) is 0 Å². The van der Waals surface area contributed by atoms with E-state index >= 15 is 0 Å². The number of benzene rings is 1. The number of phenols is 1. The summed E-state index contributed by atoms with van der Waals surface area (Å²) in [6.07, 6.45) is 3.83. The summed E-state index contributed by atoms with van der Waals surface area (Å²) in [4.78, 5) is 2.51. The number of rotatable bonds is 3. The first-order valence-electron chi connectivity index (χ1n) is 5.92. The summed E-state index contributed by atoms with van der Waals surface area (Å²) in [6.45, 7) is 4.37. The fraction of sp³-hybridized carbons (Fsp3) is 0.538. The van der Waals surface area contributed by atoms with E-state index in [0.29, 0.717) is 11.8 Å². The number of nitrogens with zero attached hydrogens (tertiary/aromatic N) is 1. The zero-order valence-electron chi connectivity index (χ0n) is 9.62. The van der Waals surface area contributed by atoms with Crippen molar-refractivity contribution in [3.05, 3.63) is 28.2 Å². The molecule has 0 bridgehead atoms. The van der Waals surface area contributed by atoms with Gasteiger partial charge in [-0.25, -0.2) is 0 Å². The Morgan fingerprint density at radius 1 is 1.50 bits per heavy atom. The predicted octanol–water partition coefficient (Wildman–Crippen LogP) is 3.53. The Hall–Kier alpha value is -0.540. The molecule has 2 nitrogen and oxygen atoms in total. The maximum Gasteiger partial charge on any atom is 0.115 e. The van der Waals surface area contributed by atoms with E-state index in [1.165, 1.54) is 31.4 Å². The van der Waals surface area contributed by atoms with Gasteiger partial charge in [-0.2, -0.15) is 0 Å². The van der Waals surface area contributed by atoms with Crippen LogP contribution in [0.3, 0.4) is 0 Å². The highest BCUT2D eigenvalue weighted by atomic mass is 79.9. The van der Waals surface area contributed by atoms with E-state index in [0.717, 1.165) is 11.0 Å². The van der Waals surface area contributed by atoms with Crippen LogP contribution in [0.5, 0.6) is 5.75 Å². The predicted molar refractivity (Wildman–Crippen MR) is 69.5 cm³/mol. The number of phenolic OH excluding ortho intramolecular Hbond substituents is 1. The van der Waals surface area contributed by atoms with Crippen molar-refractivity contribution in [1.82, 2.24) is 4.90 Å². The second-order valence-corrected chi connectivity index (χ2v) is 5.30. The van der Waals surface area contributed by atoms with Crippen LogP contribution in [-0.2, 0) is 6.54 Å². The van der Waals surface area contributed by atoms with E-state index in [9.17, 15) is 5.11 Å². The average molecular weight is 284 g/mol. The third-order valence-electron chi connectivity index (χ3n) is 3.37. The van der Waals surface area contributed by atoms with E-state index in [2.05, 4.69) is 27.8 Å². The number of aromatic hydroxyl groups is 1. The van der Waals surface area contributed by atoms with E-state index in [1.807, 2.05) is 12.1 Å². The monoisotopic (exact) mass is 283 g/mol. The van der Waals surface area contributed by atoms with Crippen LogP contribution in [0.25, 0.3) is 0 Å². The summed E-state index contributed by atoms with van der Waals surface area (Å²) in [5, 5.41) is 9.50. The molecule has 2 rings (SSSR count). The molecule has 1 atom stereocenters. The first-order chi connectivity index (χ1) is 7.70. The molecule has 1 aliphatic rings. The van der Waals surface area contributed by atoms with Crippen LogP contribution in [0, 0.1) is 0 Å². The Morgan fingerprint density at radius 3 is 3.06 bits per heavy atom. The molecule has 3 heteroatoms. The lowest BCUT2D eigenvalue weighted by Gasteiger charge is -2.23. The molecule has 1 heterocycles. The second kappa shape index (κ2) is 5.19. The molecule has 0 spiro atoms. The molecule has 1 aromatic rings. The molecule has 1 N–H and O–H groups in total. The van der Waals surface area contributed by atoms with Crippen molar-refractivity contribution >= 4 is 15.9 Å². The topological polar surface area (TPSA) is 23.5 Å². The third kappa shape index (κ3) is 2.58. The quantitative estimate of drug-likeness (QED) is 0.917. The highest BCUT2D eigenvalue weighted by Gasteiger charge is 2.23. The Labute approximate surface area is 105 Å². The number of hydrogen-bond acceptors (Lipinski definition) is 2. The second-order valence-electron chi connectivity index (χ2n) is 4.45. The molecular formula is C13H18BrNO. The van der Waals surface area contributed by atoms with Crippen molar-refractivity contribution in [2.75, 3.05) is 6.54 Å². The largest absolute Gasteiger partial charge is 0.508 e. The van der Waals surface area contributed by atoms with Crippen molar-refractivity contribution in [3.63, 3.8) is 0 Å². The van der Waals surface area contributed by atoms with Crippen molar-refractivity contribution in [2.24, 2.45) is 0 Å². The Balaban J connectivity index is 2.11. The Bertz CT molecular complexity index is 367. The molecule has 0 aliphatic carbocycles. The molecule has 0 amide bonds. The van der Waals surface area contributed by atoms with Crippen LogP contribution >= 0.6 is 15.9 Å². The minimum Gasteiger partial charge on any atom is -0.508 e. The van der Waals surface area contributed by atoms with Gasteiger partial charge in [0.05, 0.1) is 0 Å². The molecule has 0 aromatic heterocycles. The maximum atomic E-state index is 9.50. The third-order valence-corrected chi connectivity index (χ3v) is 4.15. The van der Waals surface area contributed by atoms with Gasteiger partial charge in [-0.1, -0.05) is 22.9 Å². The van der Waals surface area contributed by atoms with E-state index in [1.54, 1.807) is 6.07 Å². The number of likely N-dealkylation sites (tertiary alicyclic amines) is 1. The normalized spacial score (nSPS) is 21.5. The Morgan fingerprint density at radius 2 is 2.31 bits per heavy atom. The van der Waals surface area contributed by atoms with Crippen molar-refractivity contribution < 1.29 is 5.11 Å². The molecule has 1 unspecified atom stereocenters. The molecule has 0 saturated carbocycles. The summed E-state index contributed by atoms with van der Waals surface area (Å²) in [7, 11) is 0. The molecular weight excluding hydrogens is 266 g/mol. The highest BCUT2D eigenvalue weighted by Crippen LogP contribution is 2.27. The van der Waals surface area contributed by atoms with E-state index < -0.39 is 0 Å². The van der Waals surface area contributed by atoms with Crippen LogP contribution in [-0.4, -0.2) is 22.6 Å². The molecule has 88 valence electrons. The lowest BCUT2D eigenvalue weighted by atomic mass is 10.1. The molecule has 0 radical (unpaired) electrons. The van der Waals surface area contributed by atoms with Crippen molar-refractivity contribution in [2.45, 2.75) is 38.8 Å². The lowest BCUT2D eigenvalue weighted by Crippen LogP contribution is -2.28. The SMILES string of the molecule is CCC1CCCN1Cc1cc(O)ccc1Br. The number of halogens is 1. The summed E-state index contributed by atoms with van der Waals surface area (Å²) >= 11 is 3.54. The molecule has 1 saturated heterocycles. The molecule has 1 fully saturated rings. The van der Waals surface area contributed by atoms with Gasteiger partial charge in [0.1, 0.15) is 5.75 Å². The van der Waals surface area contributed by atoms with E-state index in [4.69, 9.17) is 0 Å². The van der Waals surface area contributed by atoms with Crippen molar-refractivity contribution in [3.8, 4) is 5.75 Å². The molecule has 1 aliphatic heterocycles. The number of hydrogen-bond donors (Lipinski definition) is 1. The van der Waals surface area contributed by atoms with Crippen LogP contribution in [0.1, 0.15) is 31.7 Å².